The third-order valence-corrected chi connectivity index (χ3v) is 3.45. The maximum absolute atomic E-state index is 12.8. The molecule has 4 N–H and O–H groups in total. The van der Waals surface area contributed by atoms with Gasteiger partial charge in [-0.15, -0.1) is 0 Å². The van der Waals surface area contributed by atoms with E-state index in [2.05, 4.69) is 10.6 Å². The first-order valence-corrected chi connectivity index (χ1v) is 7.31. The van der Waals surface area contributed by atoms with Crippen molar-refractivity contribution >= 4 is 17.6 Å². The van der Waals surface area contributed by atoms with Crippen molar-refractivity contribution in [3.63, 3.8) is 0 Å². The van der Waals surface area contributed by atoms with Crippen LogP contribution in [0.15, 0.2) is 48.5 Å². The molecule has 0 bridgehead atoms. The number of anilines is 1. The van der Waals surface area contributed by atoms with Gasteiger partial charge in [-0.25, -0.2) is 4.79 Å². The van der Waals surface area contributed by atoms with Crippen LogP contribution < -0.4 is 16.4 Å². The second-order valence-electron chi connectivity index (χ2n) is 5.39. The molecule has 5 nitrogen and oxygen atoms in total. The standard InChI is InChI=1S/C17H16F3N3O2/c1-10(11-4-2-6-13(8-11)17(18,19)20)22-15(24)12-5-3-7-14(9-12)23-16(21)25/h2-10H,1H3,(H,22,24)(H3,21,23,25). The van der Waals surface area contributed by atoms with E-state index in [4.69, 9.17) is 5.73 Å². The number of amides is 3. The largest absolute Gasteiger partial charge is 0.416 e. The van der Waals surface area contributed by atoms with E-state index in [9.17, 15) is 22.8 Å². The average Bonchev–Trinajstić information content (AvgIpc) is 2.53. The SMILES string of the molecule is CC(NC(=O)c1cccc(NC(N)=O)c1)c1cccc(C(F)(F)F)c1. The van der Waals surface area contributed by atoms with Crippen molar-refractivity contribution in [3.8, 4) is 0 Å². The lowest BCUT2D eigenvalue weighted by molar-refractivity contribution is -0.137. The summed E-state index contributed by atoms with van der Waals surface area (Å²) in [5.74, 6) is -0.488. The summed E-state index contributed by atoms with van der Waals surface area (Å²) in [4.78, 5) is 23.1. The highest BCUT2D eigenvalue weighted by molar-refractivity contribution is 5.96. The van der Waals surface area contributed by atoms with Crippen LogP contribution in [0.1, 0.15) is 34.5 Å². The molecule has 25 heavy (non-hydrogen) atoms. The minimum Gasteiger partial charge on any atom is -0.351 e. The lowest BCUT2D eigenvalue weighted by Gasteiger charge is -2.16. The van der Waals surface area contributed by atoms with Crippen LogP contribution in [0.5, 0.6) is 0 Å². The van der Waals surface area contributed by atoms with Gasteiger partial charge in [0.2, 0.25) is 0 Å². The van der Waals surface area contributed by atoms with Crippen molar-refractivity contribution in [2.75, 3.05) is 5.32 Å². The molecule has 0 aliphatic carbocycles. The van der Waals surface area contributed by atoms with E-state index in [1.54, 1.807) is 19.1 Å². The van der Waals surface area contributed by atoms with Gasteiger partial charge < -0.3 is 16.4 Å². The number of nitrogens with one attached hydrogen (secondary N) is 2. The van der Waals surface area contributed by atoms with Crippen LogP contribution in [0.3, 0.4) is 0 Å². The summed E-state index contributed by atoms with van der Waals surface area (Å²) >= 11 is 0. The first-order chi connectivity index (χ1) is 11.7. The van der Waals surface area contributed by atoms with Crippen molar-refractivity contribution in [2.24, 2.45) is 5.73 Å². The van der Waals surface area contributed by atoms with Crippen LogP contribution in [0.25, 0.3) is 0 Å². The number of hydrogen-bond acceptors (Lipinski definition) is 2. The monoisotopic (exact) mass is 351 g/mol. The number of benzene rings is 2. The number of primary amides is 1. The lowest BCUT2D eigenvalue weighted by atomic mass is 10.0. The van der Waals surface area contributed by atoms with Gasteiger partial charge in [-0.2, -0.15) is 13.2 Å². The van der Waals surface area contributed by atoms with Crippen LogP contribution in [0, 0.1) is 0 Å². The number of hydrogen-bond donors (Lipinski definition) is 3. The van der Waals surface area contributed by atoms with E-state index in [1.165, 1.54) is 24.3 Å². The summed E-state index contributed by atoms with van der Waals surface area (Å²) in [7, 11) is 0. The predicted octanol–water partition coefficient (Wildman–Crippen LogP) is 3.69. The molecule has 8 heteroatoms. The second kappa shape index (κ2) is 7.25. The summed E-state index contributed by atoms with van der Waals surface area (Å²) in [6, 6.07) is 9.39. The zero-order valence-electron chi connectivity index (χ0n) is 13.2. The predicted molar refractivity (Wildman–Crippen MR) is 87.0 cm³/mol. The molecule has 0 saturated heterocycles. The van der Waals surface area contributed by atoms with Gasteiger partial charge in [0, 0.05) is 11.3 Å². The van der Waals surface area contributed by atoms with E-state index < -0.39 is 29.7 Å². The molecule has 0 radical (unpaired) electrons. The zero-order valence-corrected chi connectivity index (χ0v) is 13.2. The van der Waals surface area contributed by atoms with Crippen LogP contribution in [-0.2, 0) is 6.18 Å². The fraction of sp³-hybridized carbons (Fsp3) is 0.176. The topological polar surface area (TPSA) is 84.2 Å². The normalized spacial score (nSPS) is 12.3. The molecule has 0 heterocycles. The molecule has 2 aromatic carbocycles. The third kappa shape index (κ3) is 4.97. The Labute approximate surface area is 142 Å². The fourth-order valence-electron chi connectivity index (χ4n) is 2.23. The van der Waals surface area contributed by atoms with E-state index in [-0.39, 0.29) is 5.56 Å². The Bertz CT molecular complexity index is 791. The highest BCUT2D eigenvalue weighted by Gasteiger charge is 2.30. The van der Waals surface area contributed by atoms with E-state index >= 15 is 0 Å². The van der Waals surface area contributed by atoms with Gasteiger partial charge in [0.05, 0.1) is 11.6 Å². The molecule has 0 aliphatic rings. The van der Waals surface area contributed by atoms with Gasteiger partial charge in [0.1, 0.15) is 0 Å². The molecule has 0 aliphatic heterocycles. The van der Waals surface area contributed by atoms with Crippen molar-refractivity contribution in [3.05, 3.63) is 65.2 Å². The lowest BCUT2D eigenvalue weighted by Crippen LogP contribution is -2.27. The molecule has 0 fully saturated rings. The first kappa shape index (κ1) is 18.3. The highest BCUT2D eigenvalue weighted by atomic mass is 19.4. The second-order valence-corrected chi connectivity index (χ2v) is 5.39. The van der Waals surface area contributed by atoms with Crippen LogP contribution in [-0.4, -0.2) is 11.9 Å². The molecule has 1 atom stereocenters. The van der Waals surface area contributed by atoms with Crippen LogP contribution >= 0.6 is 0 Å². The Hall–Kier alpha value is -3.03. The Balaban J connectivity index is 2.14. The Morgan fingerprint density at radius 3 is 2.40 bits per heavy atom. The molecule has 3 amide bonds. The molecule has 1 unspecified atom stereocenters. The molecule has 0 saturated carbocycles. The molecular formula is C17H16F3N3O2. The average molecular weight is 351 g/mol. The van der Waals surface area contributed by atoms with Gasteiger partial charge in [-0.05, 0) is 42.8 Å². The van der Waals surface area contributed by atoms with Crippen molar-refractivity contribution in [2.45, 2.75) is 19.1 Å². The number of halogens is 3. The van der Waals surface area contributed by atoms with Gasteiger partial charge in [0.15, 0.2) is 0 Å². The van der Waals surface area contributed by atoms with Crippen molar-refractivity contribution < 1.29 is 22.8 Å². The Morgan fingerprint density at radius 1 is 1.08 bits per heavy atom. The number of carbonyl (C=O) groups excluding carboxylic acids is 2. The van der Waals surface area contributed by atoms with Crippen molar-refractivity contribution in [1.29, 1.82) is 0 Å². The summed E-state index contributed by atoms with van der Waals surface area (Å²) in [6.07, 6.45) is -4.45. The van der Waals surface area contributed by atoms with Gasteiger partial charge >= 0.3 is 12.2 Å². The molecule has 0 spiro atoms. The number of alkyl halides is 3. The smallest absolute Gasteiger partial charge is 0.351 e. The number of urea groups is 1. The van der Waals surface area contributed by atoms with E-state index in [1.807, 2.05) is 0 Å². The quantitative estimate of drug-likeness (QED) is 0.785. The van der Waals surface area contributed by atoms with Gasteiger partial charge in [0.25, 0.3) is 5.91 Å². The maximum Gasteiger partial charge on any atom is 0.416 e. The molecular weight excluding hydrogens is 335 g/mol. The minimum absolute atomic E-state index is 0.241. The fourth-order valence-corrected chi connectivity index (χ4v) is 2.23. The van der Waals surface area contributed by atoms with Gasteiger partial charge in [-0.3, -0.25) is 4.79 Å². The Kier molecular flexibility index (Phi) is 5.31. The summed E-state index contributed by atoms with van der Waals surface area (Å²) in [5.41, 5.74) is 5.14. The first-order valence-electron chi connectivity index (χ1n) is 7.31. The third-order valence-electron chi connectivity index (χ3n) is 3.45. The highest BCUT2D eigenvalue weighted by Crippen LogP contribution is 2.30. The molecule has 132 valence electrons. The molecule has 2 rings (SSSR count). The number of nitrogens with two attached hydrogens (primary N) is 1. The summed E-state index contributed by atoms with van der Waals surface area (Å²) in [6.45, 7) is 1.58. The Morgan fingerprint density at radius 2 is 1.76 bits per heavy atom. The van der Waals surface area contributed by atoms with E-state index in [0.717, 1.165) is 12.1 Å². The number of rotatable bonds is 4. The maximum atomic E-state index is 12.8. The van der Waals surface area contributed by atoms with E-state index in [0.29, 0.717) is 11.3 Å². The molecule has 0 aromatic heterocycles. The minimum atomic E-state index is -4.45. The van der Waals surface area contributed by atoms with Crippen LogP contribution in [0.2, 0.25) is 0 Å². The summed E-state index contributed by atoms with van der Waals surface area (Å²) < 4.78 is 38.3. The zero-order chi connectivity index (χ0) is 18.6. The van der Waals surface area contributed by atoms with Gasteiger partial charge in [-0.1, -0.05) is 18.2 Å². The van der Waals surface area contributed by atoms with Crippen molar-refractivity contribution in [1.82, 2.24) is 5.32 Å². The molecule has 2 aromatic rings. The summed E-state index contributed by atoms with van der Waals surface area (Å²) in [5, 5.41) is 4.96. The van der Waals surface area contributed by atoms with Crippen LogP contribution in [0.4, 0.5) is 23.7 Å². The number of carbonyl (C=O) groups is 2.